The molecule has 3 rings (SSSR count). The van der Waals surface area contributed by atoms with E-state index in [0.29, 0.717) is 16.5 Å². The highest BCUT2D eigenvalue weighted by Gasteiger charge is 2.21. The van der Waals surface area contributed by atoms with Crippen LogP contribution in [0, 0.1) is 10.1 Å². The number of nitrogens with zero attached hydrogens (tertiary/aromatic N) is 1. The summed E-state index contributed by atoms with van der Waals surface area (Å²) in [6.07, 6.45) is 0. The monoisotopic (exact) mass is 282 g/mol. The van der Waals surface area contributed by atoms with E-state index in [9.17, 15) is 14.9 Å². The number of primary amides is 1. The molecule has 0 aliphatic heterocycles. The summed E-state index contributed by atoms with van der Waals surface area (Å²) in [6.45, 7) is 0. The Labute approximate surface area is 118 Å². The van der Waals surface area contributed by atoms with Crippen molar-refractivity contribution in [3.63, 3.8) is 0 Å². The van der Waals surface area contributed by atoms with Crippen LogP contribution >= 0.6 is 0 Å². The largest absolute Gasteiger partial charge is 0.455 e. The second kappa shape index (κ2) is 4.75. The van der Waals surface area contributed by atoms with E-state index in [4.69, 9.17) is 10.2 Å². The number of para-hydroxylation sites is 1. The highest BCUT2D eigenvalue weighted by atomic mass is 16.6. The van der Waals surface area contributed by atoms with Crippen molar-refractivity contribution < 1.29 is 14.1 Å². The molecule has 1 heterocycles. The third-order valence-corrected chi connectivity index (χ3v) is 3.16. The fraction of sp³-hybridized carbons (Fsp3) is 0. The van der Waals surface area contributed by atoms with Crippen LogP contribution in [-0.2, 0) is 0 Å². The summed E-state index contributed by atoms with van der Waals surface area (Å²) in [4.78, 5) is 22.1. The maximum absolute atomic E-state index is 11.7. The van der Waals surface area contributed by atoms with E-state index in [0.717, 1.165) is 0 Å². The van der Waals surface area contributed by atoms with Crippen LogP contribution in [0.15, 0.2) is 52.9 Å². The molecule has 1 amide bonds. The Morgan fingerprint density at radius 1 is 1.14 bits per heavy atom. The first-order valence-corrected chi connectivity index (χ1v) is 6.14. The van der Waals surface area contributed by atoms with Gasteiger partial charge >= 0.3 is 0 Å². The molecule has 0 spiro atoms. The molecular formula is C15H10N2O4. The van der Waals surface area contributed by atoms with E-state index >= 15 is 0 Å². The van der Waals surface area contributed by atoms with Crippen molar-refractivity contribution in [1.82, 2.24) is 0 Å². The minimum absolute atomic E-state index is 0.0802. The zero-order valence-corrected chi connectivity index (χ0v) is 10.8. The van der Waals surface area contributed by atoms with E-state index in [1.807, 2.05) is 0 Å². The Kier molecular flexibility index (Phi) is 2.91. The molecule has 3 aromatic rings. The van der Waals surface area contributed by atoms with Crippen molar-refractivity contribution >= 4 is 22.6 Å². The summed E-state index contributed by atoms with van der Waals surface area (Å²) in [5.41, 5.74) is 6.52. The van der Waals surface area contributed by atoms with E-state index in [-0.39, 0.29) is 17.0 Å². The van der Waals surface area contributed by atoms with Gasteiger partial charge in [0.1, 0.15) is 11.3 Å². The molecule has 0 aliphatic rings. The predicted octanol–water partition coefficient (Wildman–Crippen LogP) is 3.11. The molecule has 0 saturated carbocycles. The van der Waals surface area contributed by atoms with Crippen LogP contribution < -0.4 is 5.73 Å². The van der Waals surface area contributed by atoms with Crippen LogP contribution in [0.25, 0.3) is 22.3 Å². The first kappa shape index (κ1) is 12.9. The quantitative estimate of drug-likeness (QED) is 0.589. The van der Waals surface area contributed by atoms with Gasteiger partial charge in [-0.3, -0.25) is 14.9 Å². The third kappa shape index (κ3) is 2.12. The van der Waals surface area contributed by atoms with Crippen molar-refractivity contribution in [2.24, 2.45) is 5.73 Å². The lowest BCUT2D eigenvalue weighted by atomic mass is 10.0. The summed E-state index contributed by atoms with van der Waals surface area (Å²) < 4.78 is 5.66. The Morgan fingerprint density at radius 2 is 1.90 bits per heavy atom. The second-order valence-corrected chi connectivity index (χ2v) is 4.47. The van der Waals surface area contributed by atoms with E-state index in [1.54, 1.807) is 30.3 Å². The molecule has 0 bridgehead atoms. The van der Waals surface area contributed by atoms with Gasteiger partial charge in [-0.25, -0.2) is 0 Å². The Bertz CT molecular complexity index is 867. The lowest BCUT2D eigenvalue weighted by Gasteiger charge is -2.00. The molecule has 2 aromatic carbocycles. The summed E-state index contributed by atoms with van der Waals surface area (Å²) >= 11 is 0. The summed E-state index contributed by atoms with van der Waals surface area (Å²) in [5, 5.41) is 11.4. The number of benzene rings is 2. The number of hydrogen-bond donors (Lipinski definition) is 1. The summed E-state index contributed by atoms with van der Waals surface area (Å²) in [5.74, 6) is -0.395. The second-order valence-electron chi connectivity index (χ2n) is 4.47. The predicted molar refractivity (Wildman–Crippen MR) is 76.8 cm³/mol. The zero-order valence-electron chi connectivity index (χ0n) is 10.8. The first-order valence-electron chi connectivity index (χ1n) is 6.14. The molecule has 0 radical (unpaired) electrons. The number of fused-ring (bicyclic) bond motifs is 1. The number of nitro benzene ring substituents is 1. The Morgan fingerprint density at radius 3 is 2.62 bits per heavy atom. The van der Waals surface area contributed by atoms with Gasteiger partial charge in [0.25, 0.3) is 11.6 Å². The van der Waals surface area contributed by atoms with Crippen molar-refractivity contribution in [3.8, 4) is 11.3 Å². The highest BCUT2D eigenvalue weighted by Crippen LogP contribution is 2.34. The molecule has 0 atom stereocenters. The van der Waals surface area contributed by atoms with Crippen molar-refractivity contribution in [3.05, 3.63) is 64.2 Å². The maximum Gasteiger partial charge on any atom is 0.270 e. The normalized spacial score (nSPS) is 10.7. The number of amides is 1. The van der Waals surface area contributed by atoms with E-state index in [2.05, 4.69) is 0 Å². The fourth-order valence-electron chi connectivity index (χ4n) is 2.25. The number of furan rings is 1. The molecule has 1 aromatic heterocycles. The van der Waals surface area contributed by atoms with Gasteiger partial charge in [0.15, 0.2) is 0 Å². The molecule has 0 unspecified atom stereocenters. The van der Waals surface area contributed by atoms with Gasteiger partial charge in [0, 0.05) is 23.1 Å². The number of rotatable bonds is 3. The molecular weight excluding hydrogens is 272 g/mol. The number of non-ortho nitro benzene ring substituents is 1. The maximum atomic E-state index is 11.7. The van der Waals surface area contributed by atoms with Crippen molar-refractivity contribution in [2.75, 3.05) is 0 Å². The zero-order chi connectivity index (χ0) is 15.0. The van der Waals surface area contributed by atoms with Crippen LogP contribution in [0.1, 0.15) is 10.4 Å². The minimum atomic E-state index is -0.638. The average Bonchev–Trinajstić information content (AvgIpc) is 2.87. The van der Waals surface area contributed by atoms with Gasteiger partial charge < -0.3 is 10.2 Å². The smallest absolute Gasteiger partial charge is 0.270 e. The number of carbonyl (C=O) groups excluding carboxylic acids is 1. The SMILES string of the molecule is NC(=O)c1c(-c2cccc([N+](=O)[O-])c2)oc2ccccc12. The van der Waals surface area contributed by atoms with Crippen LogP contribution in [0.4, 0.5) is 5.69 Å². The number of nitrogens with two attached hydrogens (primary N) is 1. The van der Waals surface area contributed by atoms with Crippen molar-refractivity contribution in [2.45, 2.75) is 0 Å². The molecule has 0 saturated heterocycles. The highest BCUT2D eigenvalue weighted by molar-refractivity contribution is 6.10. The van der Waals surface area contributed by atoms with Gasteiger partial charge in [0.05, 0.1) is 10.5 Å². The topological polar surface area (TPSA) is 99.4 Å². The first-order chi connectivity index (χ1) is 10.1. The third-order valence-electron chi connectivity index (χ3n) is 3.16. The summed E-state index contributed by atoms with van der Waals surface area (Å²) in [6, 6.07) is 12.9. The standard InChI is InChI=1S/C15H10N2O4/c16-15(18)13-11-6-1-2-7-12(11)21-14(13)9-4-3-5-10(8-9)17(19)20/h1-8H,(H2,16,18). The average molecular weight is 282 g/mol. The van der Waals surface area contributed by atoms with E-state index < -0.39 is 10.8 Å². The Balaban J connectivity index is 2.29. The number of carbonyl (C=O) groups is 1. The number of hydrogen-bond acceptors (Lipinski definition) is 4. The summed E-state index contributed by atoms with van der Waals surface area (Å²) in [7, 11) is 0. The van der Waals surface area contributed by atoms with Crippen LogP contribution in [-0.4, -0.2) is 10.8 Å². The molecule has 6 heteroatoms. The lowest BCUT2D eigenvalue weighted by Crippen LogP contribution is -2.11. The molecule has 104 valence electrons. The van der Waals surface area contributed by atoms with Gasteiger partial charge in [-0.15, -0.1) is 0 Å². The van der Waals surface area contributed by atoms with Gasteiger partial charge in [0.2, 0.25) is 0 Å². The van der Waals surface area contributed by atoms with E-state index in [1.165, 1.54) is 18.2 Å². The van der Waals surface area contributed by atoms with Crippen LogP contribution in [0.3, 0.4) is 0 Å². The van der Waals surface area contributed by atoms with Crippen molar-refractivity contribution in [1.29, 1.82) is 0 Å². The van der Waals surface area contributed by atoms with Gasteiger partial charge in [-0.1, -0.05) is 30.3 Å². The van der Waals surface area contributed by atoms with Crippen LogP contribution in [0.2, 0.25) is 0 Å². The minimum Gasteiger partial charge on any atom is -0.455 e. The molecule has 6 nitrogen and oxygen atoms in total. The van der Waals surface area contributed by atoms with Gasteiger partial charge in [-0.05, 0) is 6.07 Å². The van der Waals surface area contributed by atoms with Gasteiger partial charge in [-0.2, -0.15) is 0 Å². The molecule has 21 heavy (non-hydrogen) atoms. The fourth-order valence-corrected chi connectivity index (χ4v) is 2.25. The molecule has 2 N–H and O–H groups in total. The van der Waals surface area contributed by atoms with Crippen LogP contribution in [0.5, 0.6) is 0 Å². The lowest BCUT2D eigenvalue weighted by molar-refractivity contribution is -0.384. The molecule has 0 fully saturated rings. The number of nitro groups is 1. The Hall–Kier alpha value is -3.15. The molecule has 0 aliphatic carbocycles.